The molecule has 0 spiro atoms. The van der Waals surface area contributed by atoms with Crippen LogP contribution in [0.1, 0.15) is 24.5 Å². The van der Waals surface area contributed by atoms with E-state index in [-0.39, 0.29) is 0 Å². The molecule has 0 atom stereocenters. The highest BCUT2D eigenvalue weighted by atomic mass is 32.1. The maximum absolute atomic E-state index is 4.40. The number of aromatic amines is 1. The van der Waals surface area contributed by atoms with Gasteiger partial charge in [0.05, 0.1) is 16.4 Å². The Morgan fingerprint density at radius 2 is 2.21 bits per heavy atom. The van der Waals surface area contributed by atoms with E-state index >= 15 is 0 Å². The van der Waals surface area contributed by atoms with Crippen molar-refractivity contribution in [3.05, 3.63) is 36.5 Å². The zero-order valence-corrected chi connectivity index (χ0v) is 13.8. The lowest BCUT2D eigenvalue weighted by atomic mass is 10.3. The number of hydrogen-bond donors (Lipinski definition) is 2. The molecule has 24 heavy (non-hydrogen) atoms. The Balaban J connectivity index is 1.51. The Bertz CT molecular complexity index is 1020. The van der Waals surface area contributed by atoms with E-state index in [1.54, 1.807) is 22.3 Å². The van der Waals surface area contributed by atoms with Crippen LogP contribution in [-0.2, 0) is 7.05 Å². The molecule has 8 heteroatoms. The first kappa shape index (κ1) is 13.7. The summed E-state index contributed by atoms with van der Waals surface area (Å²) in [5.74, 6) is 2.24. The van der Waals surface area contributed by atoms with Gasteiger partial charge in [-0.15, -0.1) is 11.3 Å². The molecule has 7 nitrogen and oxygen atoms in total. The first-order valence-corrected chi connectivity index (χ1v) is 8.64. The van der Waals surface area contributed by atoms with Gasteiger partial charge in [-0.3, -0.25) is 9.78 Å². The van der Waals surface area contributed by atoms with Crippen molar-refractivity contribution >= 4 is 33.2 Å². The summed E-state index contributed by atoms with van der Waals surface area (Å²) in [6.45, 7) is 0. The van der Waals surface area contributed by atoms with Crippen molar-refractivity contribution in [2.75, 3.05) is 5.32 Å². The quantitative estimate of drug-likeness (QED) is 0.596. The number of nitrogens with one attached hydrogen (secondary N) is 2. The summed E-state index contributed by atoms with van der Waals surface area (Å²) >= 11 is 1.66. The Morgan fingerprint density at radius 3 is 3.00 bits per heavy atom. The minimum Gasteiger partial charge on any atom is -0.322 e. The molecule has 0 amide bonds. The summed E-state index contributed by atoms with van der Waals surface area (Å²) in [6.07, 6.45) is 7.94. The van der Waals surface area contributed by atoms with Crippen molar-refractivity contribution in [1.82, 2.24) is 29.9 Å². The van der Waals surface area contributed by atoms with Crippen molar-refractivity contribution in [3.63, 3.8) is 0 Å². The highest BCUT2D eigenvalue weighted by Gasteiger charge is 2.25. The van der Waals surface area contributed by atoms with Crippen molar-refractivity contribution in [2.45, 2.75) is 18.8 Å². The maximum atomic E-state index is 4.40. The molecule has 4 aromatic rings. The number of H-pyrrole nitrogens is 1. The largest absolute Gasteiger partial charge is 0.322 e. The lowest BCUT2D eigenvalue weighted by Gasteiger charge is -2.01. The number of nitrogens with zero attached hydrogens (tertiary/aromatic N) is 5. The predicted octanol–water partition coefficient (Wildman–Crippen LogP) is 3.44. The van der Waals surface area contributed by atoms with Gasteiger partial charge in [0, 0.05) is 41.4 Å². The van der Waals surface area contributed by atoms with Crippen LogP contribution in [0.4, 0.5) is 11.6 Å². The van der Waals surface area contributed by atoms with E-state index in [1.807, 2.05) is 19.4 Å². The zero-order chi connectivity index (χ0) is 16.1. The molecule has 5 rings (SSSR count). The van der Waals surface area contributed by atoms with Crippen LogP contribution in [0.5, 0.6) is 0 Å². The van der Waals surface area contributed by atoms with Gasteiger partial charge in [0.2, 0.25) is 0 Å². The second-order valence-electron chi connectivity index (χ2n) is 6.06. The summed E-state index contributed by atoms with van der Waals surface area (Å²) in [7, 11) is 1.92. The van der Waals surface area contributed by atoms with Crippen LogP contribution >= 0.6 is 11.3 Å². The molecule has 0 aliphatic heterocycles. The smallest absolute Gasteiger partial charge is 0.153 e. The van der Waals surface area contributed by atoms with Crippen LogP contribution in [0.3, 0.4) is 0 Å². The van der Waals surface area contributed by atoms with E-state index in [0.717, 1.165) is 32.3 Å². The fourth-order valence-corrected chi connectivity index (χ4v) is 3.79. The topological polar surface area (TPSA) is 84.3 Å². The van der Waals surface area contributed by atoms with Gasteiger partial charge >= 0.3 is 0 Å². The lowest BCUT2D eigenvalue weighted by Crippen LogP contribution is -1.94. The number of hydrogen-bond acceptors (Lipinski definition) is 6. The first-order chi connectivity index (χ1) is 11.8. The predicted molar refractivity (Wildman–Crippen MR) is 93.5 cm³/mol. The number of fused-ring (bicyclic) bond motifs is 1. The first-order valence-electron chi connectivity index (χ1n) is 7.82. The van der Waals surface area contributed by atoms with Gasteiger partial charge in [-0.2, -0.15) is 10.2 Å². The second-order valence-corrected chi connectivity index (χ2v) is 7.11. The average molecular weight is 337 g/mol. The number of aryl methyl sites for hydroxylation is 1. The van der Waals surface area contributed by atoms with E-state index in [9.17, 15) is 0 Å². The molecule has 1 aliphatic carbocycles. The van der Waals surface area contributed by atoms with E-state index in [4.69, 9.17) is 0 Å². The standard InChI is InChI=1S/C16H15N7S/c1-23-7-10(6-19-23)13-4-12-15(24-13)16(18-8-17-12)20-14-5-11(21-22-14)9-2-3-9/h4-9H,2-3H2,1H3,(H2,17,18,20,21,22). The SMILES string of the molecule is Cn1cc(-c2cc3ncnc(Nc4cc(C5CC5)[nH]n4)c3s2)cn1. The van der Waals surface area contributed by atoms with Gasteiger partial charge in [0.15, 0.2) is 11.6 Å². The highest BCUT2D eigenvalue weighted by molar-refractivity contribution is 7.22. The Kier molecular flexibility index (Phi) is 2.93. The molecule has 120 valence electrons. The van der Waals surface area contributed by atoms with Crippen LogP contribution in [0.25, 0.3) is 20.7 Å². The normalized spacial score (nSPS) is 14.4. The van der Waals surface area contributed by atoms with E-state index < -0.39 is 0 Å². The molecular formula is C16H15N7S. The molecule has 1 aliphatic rings. The highest BCUT2D eigenvalue weighted by Crippen LogP contribution is 2.40. The van der Waals surface area contributed by atoms with Gasteiger partial charge in [0.1, 0.15) is 6.33 Å². The molecule has 0 aromatic carbocycles. The fourth-order valence-electron chi connectivity index (χ4n) is 2.76. The molecule has 0 bridgehead atoms. The number of anilines is 2. The maximum Gasteiger partial charge on any atom is 0.153 e. The molecule has 4 heterocycles. The Labute approximate surface area is 141 Å². The van der Waals surface area contributed by atoms with Crippen LogP contribution in [0.2, 0.25) is 0 Å². The lowest BCUT2D eigenvalue weighted by molar-refractivity contribution is 0.768. The Hall–Kier alpha value is -2.74. The summed E-state index contributed by atoms with van der Waals surface area (Å²) < 4.78 is 2.82. The molecule has 2 N–H and O–H groups in total. The van der Waals surface area contributed by atoms with Crippen molar-refractivity contribution in [1.29, 1.82) is 0 Å². The fraction of sp³-hybridized carbons (Fsp3) is 0.250. The monoisotopic (exact) mass is 337 g/mol. The van der Waals surface area contributed by atoms with Gasteiger partial charge in [0.25, 0.3) is 0 Å². The molecule has 0 saturated heterocycles. The van der Waals surface area contributed by atoms with Gasteiger partial charge in [-0.1, -0.05) is 0 Å². The molecular weight excluding hydrogens is 322 g/mol. The third-order valence-corrected chi connectivity index (χ3v) is 5.34. The zero-order valence-electron chi connectivity index (χ0n) is 13.0. The molecule has 0 radical (unpaired) electrons. The third-order valence-electron chi connectivity index (χ3n) is 4.16. The van der Waals surface area contributed by atoms with Crippen LogP contribution in [-0.4, -0.2) is 29.9 Å². The average Bonchev–Trinajstić information content (AvgIpc) is 2.98. The van der Waals surface area contributed by atoms with Crippen molar-refractivity contribution in [3.8, 4) is 10.4 Å². The number of thiophene rings is 1. The summed E-state index contributed by atoms with van der Waals surface area (Å²) in [5, 5.41) is 15.0. The van der Waals surface area contributed by atoms with Crippen molar-refractivity contribution < 1.29 is 0 Å². The van der Waals surface area contributed by atoms with Gasteiger partial charge in [-0.05, 0) is 18.9 Å². The van der Waals surface area contributed by atoms with Crippen LogP contribution in [0, 0.1) is 0 Å². The molecule has 0 unspecified atom stereocenters. The molecule has 4 aromatic heterocycles. The molecule has 1 fully saturated rings. The third kappa shape index (κ3) is 2.35. The number of aromatic nitrogens is 6. The minimum atomic E-state index is 0.650. The summed E-state index contributed by atoms with van der Waals surface area (Å²) in [4.78, 5) is 9.91. The van der Waals surface area contributed by atoms with Crippen molar-refractivity contribution in [2.24, 2.45) is 7.05 Å². The Morgan fingerprint density at radius 1 is 1.29 bits per heavy atom. The van der Waals surface area contributed by atoms with E-state index in [2.05, 4.69) is 42.7 Å². The van der Waals surface area contributed by atoms with Gasteiger partial charge < -0.3 is 5.32 Å². The second kappa shape index (κ2) is 5.13. The molecule has 1 saturated carbocycles. The number of rotatable bonds is 4. The van der Waals surface area contributed by atoms with E-state index in [0.29, 0.717) is 5.92 Å². The van der Waals surface area contributed by atoms with Crippen LogP contribution in [0.15, 0.2) is 30.9 Å². The summed E-state index contributed by atoms with van der Waals surface area (Å²) in [6, 6.07) is 4.14. The van der Waals surface area contributed by atoms with Crippen LogP contribution < -0.4 is 5.32 Å². The van der Waals surface area contributed by atoms with E-state index in [1.165, 1.54) is 18.5 Å². The van der Waals surface area contributed by atoms with Gasteiger partial charge in [-0.25, -0.2) is 9.97 Å². The summed E-state index contributed by atoms with van der Waals surface area (Å²) in [5.41, 5.74) is 3.21. The minimum absolute atomic E-state index is 0.650.